The van der Waals surface area contributed by atoms with E-state index < -0.39 is 24.1 Å². The second kappa shape index (κ2) is 9.04. The second-order valence-electron chi connectivity index (χ2n) is 5.33. The zero-order chi connectivity index (χ0) is 17.5. The van der Waals surface area contributed by atoms with Crippen molar-refractivity contribution in [1.82, 2.24) is 15.1 Å². The van der Waals surface area contributed by atoms with Gasteiger partial charge >= 0.3 is 18.1 Å². The van der Waals surface area contributed by atoms with Crippen molar-refractivity contribution in [2.45, 2.75) is 18.6 Å². The number of hydrogen-bond acceptors (Lipinski definition) is 5. The first-order valence-electron chi connectivity index (χ1n) is 7.28. The highest BCUT2D eigenvalue weighted by molar-refractivity contribution is 5.86. The van der Waals surface area contributed by atoms with Crippen molar-refractivity contribution in [1.29, 1.82) is 0 Å². The van der Waals surface area contributed by atoms with Crippen LogP contribution in [0.1, 0.15) is 6.42 Å². The lowest BCUT2D eigenvalue weighted by molar-refractivity contribution is -0.175. The van der Waals surface area contributed by atoms with E-state index in [2.05, 4.69) is 4.90 Å². The molecular formula is C13H22F3N3O4. The molecule has 0 aromatic rings. The summed E-state index contributed by atoms with van der Waals surface area (Å²) in [6.45, 7) is 4.72. The zero-order valence-corrected chi connectivity index (χ0v) is 12.9. The average molecular weight is 341 g/mol. The molecule has 0 aliphatic carbocycles. The summed E-state index contributed by atoms with van der Waals surface area (Å²) in [5, 5.41) is 10.4. The molecule has 0 aromatic heterocycles. The Balaban J connectivity index is 2.36. The SMILES string of the molecule is COCCN1CCN(CCC(NC(=O)C(F)(F)F)C(=O)O)CC1. The van der Waals surface area contributed by atoms with E-state index in [0.717, 1.165) is 19.6 Å². The third-order valence-electron chi connectivity index (χ3n) is 3.67. The fraction of sp³-hybridized carbons (Fsp3) is 0.846. The van der Waals surface area contributed by atoms with Gasteiger partial charge in [0.15, 0.2) is 0 Å². The molecule has 7 nitrogen and oxygen atoms in total. The summed E-state index contributed by atoms with van der Waals surface area (Å²) >= 11 is 0. The quantitative estimate of drug-likeness (QED) is 0.635. The fourth-order valence-electron chi connectivity index (χ4n) is 2.27. The van der Waals surface area contributed by atoms with Crippen molar-refractivity contribution in [3.63, 3.8) is 0 Å². The van der Waals surface area contributed by atoms with Crippen molar-refractivity contribution >= 4 is 11.9 Å². The molecule has 23 heavy (non-hydrogen) atoms. The fourth-order valence-corrected chi connectivity index (χ4v) is 2.27. The number of carboxylic acid groups (broad SMARTS) is 1. The van der Waals surface area contributed by atoms with Crippen molar-refractivity contribution in [3.8, 4) is 0 Å². The number of hydrogen-bond donors (Lipinski definition) is 2. The molecule has 1 heterocycles. The van der Waals surface area contributed by atoms with Crippen LogP contribution in [0.4, 0.5) is 13.2 Å². The van der Waals surface area contributed by atoms with Gasteiger partial charge in [-0.3, -0.25) is 9.69 Å². The van der Waals surface area contributed by atoms with E-state index in [9.17, 15) is 22.8 Å². The van der Waals surface area contributed by atoms with Crippen LogP contribution < -0.4 is 5.32 Å². The summed E-state index contributed by atoms with van der Waals surface area (Å²) in [5.41, 5.74) is 0. The summed E-state index contributed by atoms with van der Waals surface area (Å²) in [4.78, 5) is 26.0. The third kappa shape index (κ3) is 7.14. The Bertz CT molecular complexity index is 398. The Morgan fingerprint density at radius 2 is 1.70 bits per heavy atom. The molecule has 0 radical (unpaired) electrons. The molecule has 10 heteroatoms. The molecular weight excluding hydrogens is 319 g/mol. The van der Waals surface area contributed by atoms with Crippen LogP contribution in [-0.4, -0.2) is 92.0 Å². The lowest BCUT2D eigenvalue weighted by atomic mass is 10.2. The molecule has 1 unspecified atom stereocenters. The Morgan fingerprint density at radius 3 is 2.13 bits per heavy atom. The monoisotopic (exact) mass is 341 g/mol. The van der Waals surface area contributed by atoms with Crippen LogP contribution in [0.5, 0.6) is 0 Å². The van der Waals surface area contributed by atoms with Gasteiger partial charge in [0, 0.05) is 46.4 Å². The molecule has 1 aliphatic heterocycles. The highest BCUT2D eigenvalue weighted by Crippen LogP contribution is 2.15. The lowest BCUT2D eigenvalue weighted by Crippen LogP contribution is -2.50. The van der Waals surface area contributed by atoms with Crippen LogP contribution in [0.25, 0.3) is 0 Å². The van der Waals surface area contributed by atoms with Gasteiger partial charge in [0.1, 0.15) is 6.04 Å². The Kier molecular flexibility index (Phi) is 7.73. The van der Waals surface area contributed by atoms with Crippen LogP contribution in [0.3, 0.4) is 0 Å². The minimum atomic E-state index is -5.08. The Labute approximate surface area is 132 Å². The number of halogens is 3. The molecule has 1 amide bonds. The number of piperazine rings is 1. The van der Waals surface area contributed by atoms with Crippen LogP contribution in [-0.2, 0) is 14.3 Å². The van der Waals surface area contributed by atoms with E-state index in [-0.39, 0.29) is 6.42 Å². The van der Waals surface area contributed by atoms with Gasteiger partial charge in [-0.05, 0) is 6.42 Å². The van der Waals surface area contributed by atoms with Crippen LogP contribution in [0, 0.1) is 0 Å². The predicted octanol–water partition coefficient (Wildman–Crippen LogP) is -0.228. The molecule has 1 saturated heterocycles. The minimum absolute atomic E-state index is 0.0742. The number of carbonyl (C=O) groups is 2. The first-order valence-corrected chi connectivity index (χ1v) is 7.28. The molecule has 0 aromatic carbocycles. The first kappa shape index (κ1) is 19.7. The smallest absolute Gasteiger partial charge is 0.471 e. The number of rotatable bonds is 8. The predicted molar refractivity (Wildman–Crippen MR) is 75.0 cm³/mol. The molecule has 0 spiro atoms. The standard InChI is InChI=1S/C13H22F3N3O4/c1-23-9-8-19-6-4-18(5-7-19)3-2-10(11(20)21)17-12(22)13(14,15)16/h10H,2-9H2,1H3,(H,17,22)(H,20,21). The van der Waals surface area contributed by atoms with Gasteiger partial charge in [-0.2, -0.15) is 13.2 Å². The summed E-state index contributed by atoms with van der Waals surface area (Å²) in [6, 6.07) is -1.55. The third-order valence-corrected chi connectivity index (χ3v) is 3.67. The van der Waals surface area contributed by atoms with E-state index in [1.165, 1.54) is 5.32 Å². The summed E-state index contributed by atoms with van der Waals surface area (Å²) in [6.07, 6.45) is -5.16. The summed E-state index contributed by atoms with van der Waals surface area (Å²) in [5.74, 6) is -3.70. The Hall–Kier alpha value is -1.39. The van der Waals surface area contributed by atoms with E-state index in [1.54, 1.807) is 7.11 Å². The number of alkyl halides is 3. The van der Waals surface area contributed by atoms with Crippen molar-refractivity contribution in [3.05, 3.63) is 0 Å². The lowest BCUT2D eigenvalue weighted by Gasteiger charge is -2.34. The highest BCUT2D eigenvalue weighted by Gasteiger charge is 2.40. The van der Waals surface area contributed by atoms with Gasteiger partial charge < -0.3 is 20.1 Å². The second-order valence-corrected chi connectivity index (χ2v) is 5.33. The van der Waals surface area contributed by atoms with Gasteiger partial charge in [0.2, 0.25) is 0 Å². The number of methoxy groups -OCH3 is 1. The van der Waals surface area contributed by atoms with Crippen molar-refractivity contribution in [2.75, 3.05) is 53.0 Å². The van der Waals surface area contributed by atoms with Gasteiger partial charge in [0.05, 0.1) is 6.61 Å². The van der Waals surface area contributed by atoms with Crippen LogP contribution in [0.2, 0.25) is 0 Å². The molecule has 1 aliphatic rings. The normalized spacial score (nSPS) is 18.6. The molecule has 2 N–H and O–H groups in total. The maximum Gasteiger partial charge on any atom is 0.471 e. The maximum absolute atomic E-state index is 12.2. The molecule has 0 saturated carbocycles. The van der Waals surface area contributed by atoms with Gasteiger partial charge in [-0.1, -0.05) is 0 Å². The number of carboxylic acids is 1. The molecule has 1 fully saturated rings. The average Bonchev–Trinajstić information content (AvgIpc) is 2.48. The molecule has 0 bridgehead atoms. The minimum Gasteiger partial charge on any atom is -0.480 e. The van der Waals surface area contributed by atoms with Crippen molar-refractivity contribution < 1.29 is 32.6 Å². The van der Waals surface area contributed by atoms with E-state index >= 15 is 0 Å². The van der Waals surface area contributed by atoms with Gasteiger partial charge in [-0.15, -0.1) is 0 Å². The van der Waals surface area contributed by atoms with Gasteiger partial charge in [-0.25, -0.2) is 4.79 Å². The number of carbonyl (C=O) groups excluding carboxylic acids is 1. The Morgan fingerprint density at radius 1 is 1.17 bits per heavy atom. The number of amides is 1. The van der Waals surface area contributed by atoms with E-state index in [4.69, 9.17) is 9.84 Å². The number of aliphatic carboxylic acids is 1. The van der Waals surface area contributed by atoms with E-state index in [1.807, 2.05) is 4.90 Å². The van der Waals surface area contributed by atoms with Gasteiger partial charge in [0.25, 0.3) is 0 Å². The number of ether oxygens (including phenoxy) is 1. The largest absolute Gasteiger partial charge is 0.480 e. The summed E-state index contributed by atoms with van der Waals surface area (Å²) in [7, 11) is 1.62. The van der Waals surface area contributed by atoms with Crippen LogP contribution in [0.15, 0.2) is 0 Å². The van der Waals surface area contributed by atoms with Crippen molar-refractivity contribution in [2.24, 2.45) is 0 Å². The topological polar surface area (TPSA) is 82.1 Å². The highest BCUT2D eigenvalue weighted by atomic mass is 19.4. The number of nitrogens with one attached hydrogen (secondary N) is 1. The maximum atomic E-state index is 12.2. The zero-order valence-electron chi connectivity index (χ0n) is 12.9. The van der Waals surface area contributed by atoms with Crippen LogP contribution >= 0.6 is 0 Å². The number of nitrogens with zero attached hydrogens (tertiary/aromatic N) is 2. The molecule has 1 atom stereocenters. The first-order chi connectivity index (χ1) is 10.7. The summed E-state index contributed by atoms with van der Waals surface area (Å²) < 4.78 is 41.5. The molecule has 1 rings (SSSR count). The molecule has 134 valence electrons. The van der Waals surface area contributed by atoms with E-state index in [0.29, 0.717) is 26.2 Å².